The number of amides is 2. The third kappa shape index (κ3) is 4.30. The summed E-state index contributed by atoms with van der Waals surface area (Å²) in [6.45, 7) is 4.66. The number of benzene rings is 2. The molecule has 0 spiro atoms. The molecule has 4 nitrogen and oxygen atoms in total. The van der Waals surface area contributed by atoms with Gasteiger partial charge in [-0.25, -0.2) is 0 Å². The van der Waals surface area contributed by atoms with Crippen LogP contribution in [0, 0.1) is 13.8 Å². The first-order chi connectivity index (χ1) is 15.0. The molecule has 0 aromatic heterocycles. The molecular weight excluding hydrogens is 384 g/mol. The second-order valence-corrected chi connectivity index (χ2v) is 9.01. The Morgan fingerprint density at radius 1 is 0.903 bits per heavy atom. The third-order valence-electron chi connectivity index (χ3n) is 6.58. The Balaban J connectivity index is 1.76. The number of hydrogen-bond acceptors (Lipinski definition) is 3. The molecule has 0 saturated heterocycles. The molecule has 2 aromatic carbocycles. The van der Waals surface area contributed by atoms with Crippen molar-refractivity contribution in [3.8, 4) is 0 Å². The van der Waals surface area contributed by atoms with Gasteiger partial charge in [0.1, 0.15) is 5.70 Å². The summed E-state index contributed by atoms with van der Waals surface area (Å²) in [5.41, 5.74) is 5.26. The van der Waals surface area contributed by atoms with Crippen LogP contribution in [0.5, 0.6) is 0 Å². The van der Waals surface area contributed by atoms with Gasteiger partial charge >= 0.3 is 0 Å². The summed E-state index contributed by atoms with van der Waals surface area (Å²) in [4.78, 5) is 31.0. The van der Waals surface area contributed by atoms with Gasteiger partial charge in [0.15, 0.2) is 0 Å². The van der Waals surface area contributed by atoms with Crippen LogP contribution in [-0.4, -0.2) is 34.7 Å². The number of rotatable bonds is 5. The molecule has 0 N–H and O–H groups in total. The second-order valence-electron chi connectivity index (χ2n) is 9.01. The van der Waals surface area contributed by atoms with Crippen LogP contribution in [0.25, 0.3) is 5.57 Å². The minimum absolute atomic E-state index is 0.00544. The fourth-order valence-electron chi connectivity index (χ4n) is 5.01. The maximum Gasteiger partial charge on any atom is 0.278 e. The Bertz CT molecular complexity index is 1000. The van der Waals surface area contributed by atoms with Crippen molar-refractivity contribution < 1.29 is 9.59 Å². The average Bonchev–Trinajstić information content (AvgIpc) is 2.91. The van der Waals surface area contributed by atoms with E-state index in [1.165, 1.54) is 12.8 Å². The number of imide groups is 1. The number of carbonyl (C=O) groups excluding carboxylic acids is 2. The molecule has 162 valence electrons. The van der Waals surface area contributed by atoms with Crippen molar-refractivity contribution in [3.05, 3.63) is 76.5 Å². The molecule has 31 heavy (non-hydrogen) atoms. The van der Waals surface area contributed by atoms with Gasteiger partial charge in [0.25, 0.3) is 11.8 Å². The van der Waals surface area contributed by atoms with E-state index in [2.05, 4.69) is 18.2 Å². The Morgan fingerprint density at radius 2 is 1.58 bits per heavy atom. The summed E-state index contributed by atoms with van der Waals surface area (Å²) in [5, 5.41) is 0. The predicted molar refractivity (Wildman–Crippen MR) is 124 cm³/mol. The molecule has 2 aromatic rings. The first-order valence-corrected chi connectivity index (χ1v) is 11.4. The number of nitrogens with zero attached hydrogens (tertiary/aromatic N) is 2. The summed E-state index contributed by atoms with van der Waals surface area (Å²) in [6, 6.07) is 16.2. The van der Waals surface area contributed by atoms with E-state index in [1.807, 2.05) is 56.1 Å². The molecule has 1 heterocycles. The van der Waals surface area contributed by atoms with Gasteiger partial charge in [-0.2, -0.15) is 0 Å². The van der Waals surface area contributed by atoms with Gasteiger partial charge in [0.05, 0.1) is 5.57 Å². The van der Waals surface area contributed by atoms with E-state index in [9.17, 15) is 9.59 Å². The summed E-state index contributed by atoms with van der Waals surface area (Å²) in [6.07, 6.45) is 6.35. The smallest absolute Gasteiger partial charge is 0.278 e. The zero-order valence-electron chi connectivity index (χ0n) is 18.9. The van der Waals surface area contributed by atoms with Gasteiger partial charge in [-0.05, 0) is 43.4 Å². The molecule has 4 heteroatoms. The largest absolute Gasteiger partial charge is 0.365 e. The average molecular weight is 417 g/mol. The van der Waals surface area contributed by atoms with Crippen molar-refractivity contribution in [2.24, 2.45) is 0 Å². The lowest BCUT2D eigenvalue weighted by molar-refractivity contribution is -0.140. The molecule has 0 bridgehead atoms. The SMILES string of the molecule is Cc1ccc(C2=C(N(C)Cc3ccccc3)C(=O)N(C3CCCCCC3)C2=O)c(C)c1. The maximum atomic E-state index is 13.8. The molecule has 1 saturated carbocycles. The molecule has 0 atom stereocenters. The quantitative estimate of drug-likeness (QED) is 0.494. The predicted octanol–water partition coefficient (Wildman–Crippen LogP) is 5.24. The van der Waals surface area contributed by atoms with Gasteiger partial charge in [-0.1, -0.05) is 79.8 Å². The molecule has 0 radical (unpaired) electrons. The Morgan fingerprint density at radius 3 is 2.23 bits per heavy atom. The molecule has 4 rings (SSSR count). The summed E-state index contributed by atoms with van der Waals surface area (Å²) in [5.74, 6) is -0.260. The zero-order chi connectivity index (χ0) is 22.0. The lowest BCUT2D eigenvalue weighted by Crippen LogP contribution is -2.42. The fraction of sp³-hybridized carbons (Fsp3) is 0.407. The van der Waals surface area contributed by atoms with E-state index < -0.39 is 0 Å². The Kier molecular flexibility index (Phi) is 6.26. The van der Waals surface area contributed by atoms with Crippen LogP contribution in [-0.2, 0) is 16.1 Å². The van der Waals surface area contributed by atoms with Gasteiger partial charge in [0.2, 0.25) is 0 Å². The molecule has 1 aliphatic carbocycles. The molecule has 2 aliphatic rings. The van der Waals surface area contributed by atoms with E-state index in [1.54, 1.807) is 4.90 Å². The van der Waals surface area contributed by atoms with Crippen molar-refractivity contribution in [3.63, 3.8) is 0 Å². The molecule has 1 fully saturated rings. The summed E-state index contributed by atoms with van der Waals surface area (Å²) < 4.78 is 0. The number of hydrogen-bond donors (Lipinski definition) is 0. The van der Waals surface area contributed by atoms with Crippen LogP contribution in [0.3, 0.4) is 0 Å². The van der Waals surface area contributed by atoms with Gasteiger partial charge < -0.3 is 4.90 Å². The van der Waals surface area contributed by atoms with Crippen LogP contribution < -0.4 is 0 Å². The number of aryl methyl sites for hydroxylation is 2. The van der Waals surface area contributed by atoms with E-state index in [0.29, 0.717) is 17.8 Å². The third-order valence-corrected chi connectivity index (χ3v) is 6.58. The van der Waals surface area contributed by atoms with E-state index in [4.69, 9.17) is 0 Å². The van der Waals surface area contributed by atoms with Gasteiger partial charge in [0, 0.05) is 19.6 Å². The van der Waals surface area contributed by atoms with Crippen LogP contribution in [0.2, 0.25) is 0 Å². The minimum atomic E-state index is -0.134. The highest BCUT2D eigenvalue weighted by Crippen LogP contribution is 2.37. The van der Waals surface area contributed by atoms with Crippen molar-refractivity contribution in [1.29, 1.82) is 0 Å². The summed E-state index contributed by atoms with van der Waals surface area (Å²) in [7, 11) is 1.92. The van der Waals surface area contributed by atoms with E-state index in [-0.39, 0.29) is 17.9 Å². The standard InChI is InChI=1S/C27H32N2O2/c1-19-15-16-23(20(2)17-19)24-25(28(3)18-21-11-7-6-8-12-21)27(31)29(26(24)30)22-13-9-4-5-10-14-22/h6-8,11-12,15-17,22H,4-5,9-10,13-14,18H2,1-3H3. The Labute approximate surface area is 185 Å². The van der Waals surface area contributed by atoms with Crippen molar-refractivity contribution in [2.45, 2.75) is 65.0 Å². The minimum Gasteiger partial charge on any atom is -0.365 e. The fourth-order valence-corrected chi connectivity index (χ4v) is 5.01. The normalized spacial score (nSPS) is 18.0. The molecule has 1 aliphatic heterocycles. The zero-order valence-corrected chi connectivity index (χ0v) is 18.9. The maximum absolute atomic E-state index is 13.8. The molecular formula is C27H32N2O2. The Hall–Kier alpha value is -2.88. The highest BCUT2D eigenvalue weighted by Gasteiger charge is 2.44. The van der Waals surface area contributed by atoms with Crippen molar-refractivity contribution in [2.75, 3.05) is 7.05 Å². The van der Waals surface area contributed by atoms with Crippen LogP contribution >= 0.6 is 0 Å². The lowest BCUT2D eigenvalue weighted by atomic mass is 9.97. The highest BCUT2D eigenvalue weighted by molar-refractivity contribution is 6.35. The van der Waals surface area contributed by atoms with Gasteiger partial charge in [-0.3, -0.25) is 14.5 Å². The topological polar surface area (TPSA) is 40.6 Å². The summed E-state index contributed by atoms with van der Waals surface area (Å²) >= 11 is 0. The van der Waals surface area contributed by atoms with Crippen molar-refractivity contribution >= 4 is 17.4 Å². The van der Waals surface area contributed by atoms with Crippen LogP contribution in [0.1, 0.15) is 60.8 Å². The monoisotopic (exact) mass is 416 g/mol. The highest BCUT2D eigenvalue weighted by atomic mass is 16.2. The van der Waals surface area contributed by atoms with E-state index in [0.717, 1.165) is 47.9 Å². The molecule has 2 amide bonds. The second kappa shape index (κ2) is 9.09. The first-order valence-electron chi connectivity index (χ1n) is 11.4. The van der Waals surface area contributed by atoms with Crippen LogP contribution in [0.4, 0.5) is 0 Å². The lowest BCUT2D eigenvalue weighted by Gasteiger charge is -2.27. The number of likely N-dealkylation sites (N-methyl/N-ethyl adjacent to an activating group) is 1. The first kappa shape index (κ1) is 21.4. The molecule has 0 unspecified atom stereocenters. The van der Waals surface area contributed by atoms with Crippen molar-refractivity contribution in [1.82, 2.24) is 9.80 Å². The van der Waals surface area contributed by atoms with Crippen LogP contribution in [0.15, 0.2) is 54.2 Å². The number of carbonyl (C=O) groups is 2. The van der Waals surface area contributed by atoms with Gasteiger partial charge in [-0.15, -0.1) is 0 Å². The van der Waals surface area contributed by atoms with E-state index >= 15 is 0 Å².